The highest BCUT2D eigenvalue weighted by Gasteiger charge is 2.25. The maximum absolute atomic E-state index is 4.66. The Balaban J connectivity index is 1.44. The van der Waals surface area contributed by atoms with Crippen LogP contribution in [0.5, 0.6) is 0 Å². The fraction of sp³-hybridized carbons (Fsp3) is 0.400. The lowest BCUT2D eigenvalue weighted by molar-refractivity contribution is 0.199. The molecule has 4 heterocycles. The van der Waals surface area contributed by atoms with E-state index in [2.05, 4.69) is 34.7 Å². The van der Waals surface area contributed by atoms with Gasteiger partial charge in [-0.15, -0.1) is 0 Å². The van der Waals surface area contributed by atoms with Gasteiger partial charge in [-0.05, 0) is 44.5 Å². The SMILES string of the molecule is Cc1cccnc1Nc1nccnc1C1CCN(Cc2cncn2C)CC1. The van der Waals surface area contributed by atoms with Gasteiger partial charge in [0.2, 0.25) is 0 Å². The first kappa shape index (κ1) is 17.6. The van der Waals surface area contributed by atoms with Gasteiger partial charge in [-0.1, -0.05) is 6.07 Å². The third-order valence-corrected chi connectivity index (χ3v) is 5.25. The monoisotopic (exact) mass is 363 g/mol. The second-order valence-corrected chi connectivity index (χ2v) is 7.13. The summed E-state index contributed by atoms with van der Waals surface area (Å²) in [5, 5.41) is 3.38. The summed E-state index contributed by atoms with van der Waals surface area (Å²) in [5.41, 5.74) is 3.39. The van der Waals surface area contributed by atoms with E-state index in [1.807, 2.05) is 38.6 Å². The molecule has 0 atom stereocenters. The average molecular weight is 363 g/mol. The van der Waals surface area contributed by atoms with E-state index in [4.69, 9.17) is 0 Å². The maximum Gasteiger partial charge on any atom is 0.153 e. The number of rotatable bonds is 5. The molecule has 1 saturated heterocycles. The number of piperidine rings is 1. The van der Waals surface area contributed by atoms with Crippen molar-refractivity contribution in [1.29, 1.82) is 0 Å². The summed E-state index contributed by atoms with van der Waals surface area (Å²) in [6, 6.07) is 3.98. The van der Waals surface area contributed by atoms with Gasteiger partial charge in [-0.2, -0.15) is 0 Å². The summed E-state index contributed by atoms with van der Waals surface area (Å²) in [7, 11) is 2.05. The molecule has 7 heteroatoms. The van der Waals surface area contributed by atoms with Gasteiger partial charge in [0.15, 0.2) is 5.82 Å². The third-order valence-electron chi connectivity index (χ3n) is 5.25. The normalized spacial score (nSPS) is 15.8. The van der Waals surface area contributed by atoms with Crippen LogP contribution in [0, 0.1) is 6.92 Å². The number of anilines is 2. The second kappa shape index (κ2) is 7.84. The molecule has 1 aliphatic rings. The van der Waals surface area contributed by atoms with Crippen LogP contribution in [0.15, 0.2) is 43.2 Å². The molecule has 0 aromatic carbocycles. The number of pyridine rings is 1. The van der Waals surface area contributed by atoms with Crippen molar-refractivity contribution in [1.82, 2.24) is 29.4 Å². The number of imidazole rings is 1. The molecule has 4 rings (SSSR count). The highest BCUT2D eigenvalue weighted by atomic mass is 15.2. The number of nitrogens with one attached hydrogen (secondary N) is 1. The minimum atomic E-state index is 0.410. The predicted octanol–water partition coefficient (Wildman–Crippen LogP) is 3.04. The third kappa shape index (κ3) is 3.98. The van der Waals surface area contributed by atoms with Crippen LogP contribution in [0.2, 0.25) is 0 Å². The van der Waals surface area contributed by atoms with Crippen LogP contribution in [0.4, 0.5) is 11.6 Å². The van der Waals surface area contributed by atoms with Crippen molar-refractivity contribution < 1.29 is 0 Å². The molecule has 0 unspecified atom stereocenters. The molecule has 1 aliphatic heterocycles. The Bertz CT molecular complexity index is 897. The van der Waals surface area contributed by atoms with Crippen molar-refractivity contribution in [2.24, 2.45) is 7.05 Å². The second-order valence-electron chi connectivity index (χ2n) is 7.13. The minimum Gasteiger partial charge on any atom is -0.337 e. The smallest absolute Gasteiger partial charge is 0.153 e. The van der Waals surface area contributed by atoms with Gasteiger partial charge in [0.05, 0.1) is 17.7 Å². The zero-order valence-corrected chi connectivity index (χ0v) is 15.8. The molecule has 0 spiro atoms. The Morgan fingerprint density at radius 3 is 2.59 bits per heavy atom. The van der Waals surface area contributed by atoms with Crippen molar-refractivity contribution in [3.05, 3.63) is 60.2 Å². The van der Waals surface area contributed by atoms with Gasteiger partial charge >= 0.3 is 0 Å². The van der Waals surface area contributed by atoms with Crippen LogP contribution >= 0.6 is 0 Å². The lowest BCUT2D eigenvalue weighted by atomic mass is 9.93. The summed E-state index contributed by atoms with van der Waals surface area (Å²) in [5.74, 6) is 2.07. The Hall–Kier alpha value is -2.80. The number of nitrogens with zero attached hydrogens (tertiary/aromatic N) is 6. The number of hydrogen-bond donors (Lipinski definition) is 1. The lowest BCUT2D eigenvalue weighted by Crippen LogP contribution is -2.33. The quantitative estimate of drug-likeness (QED) is 0.751. The standard InChI is InChI=1S/C20H25N7/c1-15-4-3-7-23-19(15)25-20-18(22-8-9-24-20)16-5-10-27(11-6-16)13-17-12-21-14-26(17)2/h3-4,7-9,12,14,16H,5-6,10-11,13H2,1-2H3,(H,23,24,25). The van der Waals surface area contributed by atoms with E-state index < -0.39 is 0 Å². The first-order valence-electron chi connectivity index (χ1n) is 9.38. The number of hydrogen-bond acceptors (Lipinski definition) is 6. The van der Waals surface area contributed by atoms with E-state index in [1.54, 1.807) is 18.6 Å². The molecule has 0 aliphatic carbocycles. The predicted molar refractivity (Wildman–Crippen MR) is 105 cm³/mol. The molecule has 1 N–H and O–H groups in total. The van der Waals surface area contributed by atoms with Crippen molar-refractivity contribution in [2.45, 2.75) is 32.2 Å². The van der Waals surface area contributed by atoms with E-state index in [0.717, 1.165) is 55.4 Å². The molecule has 1 fully saturated rings. The van der Waals surface area contributed by atoms with Crippen LogP contribution < -0.4 is 5.32 Å². The Labute approximate surface area is 159 Å². The zero-order chi connectivity index (χ0) is 18.6. The van der Waals surface area contributed by atoms with Gasteiger partial charge in [0.1, 0.15) is 5.82 Å². The van der Waals surface area contributed by atoms with E-state index in [1.165, 1.54) is 5.69 Å². The molecule has 3 aromatic rings. The first-order chi connectivity index (χ1) is 13.2. The summed E-state index contributed by atoms with van der Waals surface area (Å²) >= 11 is 0. The van der Waals surface area contributed by atoms with Crippen molar-refractivity contribution in [3.8, 4) is 0 Å². The fourth-order valence-electron chi connectivity index (χ4n) is 3.60. The maximum atomic E-state index is 4.66. The van der Waals surface area contributed by atoms with E-state index in [0.29, 0.717) is 5.92 Å². The lowest BCUT2D eigenvalue weighted by Gasteiger charge is -2.32. The topological polar surface area (TPSA) is 71.8 Å². The number of aromatic nitrogens is 5. The van der Waals surface area contributed by atoms with Gasteiger partial charge in [0.25, 0.3) is 0 Å². The zero-order valence-electron chi connectivity index (χ0n) is 15.8. The first-order valence-corrected chi connectivity index (χ1v) is 9.38. The number of aryl methyl sites for hydroxylation is 2. The molecule has 3 aromatic heterocycles. The largest absolute Gasteiger partial charge is 0.337 e. The average Bonchev–Trinajstić information content (AvgIpc) is 3.09. The molecule has 0 saturated carbocycles. The molecular weight excluding hydrogens is 338 g/mol. The number of likely N-dealkylation sites (tertiary alicyclic amines) is 1. The van der Waals surface area contributed by atoms with Gasteiger partial charge < -0.3 is 9.88 Å². The van der Waals surface area contributed by atoms with Crippen LogP contribution in [0.1, 0.15) is 35.7 Å². The minimum absolute atomic E-state index is 0.410. The fourth-order valence-corrected chi connectivity index (χ4v) is 3.60. The summed E-state index contributed by atoms with van der Waals surface area (Å²) in [6.45, 7) is 5.09. The Morgan fingerprint density at radius 2 is 1.85 bits per heavy atom. The molecule has 0 bridgehead atoms. The van der Waals surface area contributed by atoms with Crippen LogP contribution in [0.25, 0.3) is 0 Å². The van der Waals surface area contributed by atoms with Crippen molar-refractivity contribution >= 4 is 11.6 Å². The van der Waals surface area contributed by atoms with E-state index in [-0.39, 0.29) is 0 Å². The highest BCUT2D eigenvalue weighted by molar-refractivity contribution is 5.57. The van der Waals surface area contributed by atoms with Gasteiger partial charge in [-0.3, -0.25) is 9.88 Å². The van der Waals surface area contributed by atoms with Crippen LogP contribution in [-0.4, -0.2) is 42.5 Å². The van der Waals surface area contributed by atoms with E-state index in [9.17, 15) is 0 Å². The van der Waals surface area contributed by atoms with Gasteiger partial charge in [0, 0.05) is 44.3 Å². The van der Waals surface area contributed by atoms with Crippen molar-refractivity contribution in [3.63, 3.8) is 0 Å². The molecule has 0 amide bonds. The molecule has 0 radical (unpaired) electrons. The summed E-state index contributed by atoms with van der Waals surface area (Å²) in [6.07, 6.45) is 11.3. The van der Waals surface area contributed by atoms with Crippen molar-refractivity contribution in [2.75, 3.05) is 18.4 Å². The Kier molecular flexibility index (Phi) is 5.11. The summed E-state index contributed by atoms with van der Waals surface area (Å²) < 4.78 is 2.09. The Morgan fingerprint density at radius 1 is 1.07 bits per heavy atom. The molecular formula is C20H25N7. The molecule has 7 nitrogen and oxygen atoms in total. The van der Waals surface area contributed by atoms with E-state index >= 15 is 0 Å². The van der Waals surface area contributed by atoms with Gasteiger partial charge in [-0.25, -0.2) is 15.0 Å². The molecule has 27 heavy (non-hydrogen) atoms. The summed E-state index contributed by atoms with van der Waals surface area (Å²) in [4.78, 5) is 20.3. The highest BCUT2D eigenvalue weighted by Crippen LogP contribution is 2.32. The van der Waals surface area contributed by atoms with Crippen LogP contribution in [-0.2, 0) is 13.6 Å². The van der Waals surface area contributed by atoms with Crippen LogP contribution in [0.3, 0.4) is 0 Å². The molecule has 140 valence electrons.